The Morgan fingerprint density at radius 1 is 1.28 bits per heavy atom. The molecule has 1 saturated carbocycles. The van der Waals surface area contributed by atoms with E-state index < -0.39 is 11.0 Å². The van der Waals surface area contributed by atoms with E-state index in [4.69, 9.17) is 9.47 Å². The quantitative estimate of drug-likeness (QED) is 0.727. The van der Waals surface area contributed by atoms with Crippen molar-refractivity contribution in [3.05, 3.63) is 0 Å². The molecule has 4 nitrogen and oxygen atoms in total. The lowest BCUT2D eigenvalue weighted by Gasteiger charge is -2.31. The van der Waals surface area contributed by atoms with Crippen LogP contribution in [0.1, 0.15) is 52.9 Å². The molecule has 0 unspecified atom stereocenters. The molecule has 0 aromatic rings. The summed E-state index contributed by atoms with van der Waals surface area (Å²) in [5, 5.41) is 0. The summed E-state index contributed by atoms with van der Waals surface area (Å²) in [4.78, 5) is 0. The van der Waals surface area contributed by atoms with Crippen molar-refractivity contribution in [1.82, 2.24) is 0 Å². The second-order valence-corrected chi connectivity index (χ2v) is 7.99. The first kappa shape index (κ1) is 14.2. The Balaban J connectivity index is 1.89. The molecule has 2 rings (SSSR count). The van der Waals surface area contributed by atoms with Crippen molar-refractivity contribution in [3.63, 3.8) is 0 Å². The third-order valence-corrected chi connectivity index (χ3v) is 4.70. The predicted molar refractivity (Wildman–Crippen MR) is 73.0 cm³/mol. The van der Waals surface area contributed by atoms with E-state index in [1.54, 1.807) is 6.21 Å². The highest BCUT2D eigenvalue weighted by Gasteiger charge is 2.41. The average molecular weight is 273 g/mol. The molecule has 1 heterocycles. The maximum absolute atomic E-state index is 11.8. The summed E-state index contributed by atoms with van der Waals surface area (Å²) >= 11 is 0. The Labute approximate surface area is 112 Å². The van der Waals surface area contributed by atoms with Crippen molar-refractivity contribution >= 4 is 17.2 Å². The minimum Gasteiger partial charge on any atom is -0.347 e. The number of hydrogen-bond donors (Lipinski definition) is 0. The first-order chi connectivity index (χ1) is 8.41. The largest absolute Gasteiger partial charge is 0.347 e. The molecule has 0 aromatic heterocycles. The molecule has 1 aliphatic carbocycles. The minimum atomic E-state index is -1.22. The summed E-state index contributed by atoms with van der Waals surface area (Å²) in [5.41, 5.74) is 0. The van der Waals surface area contributed by atoms with Gasteiger partial charge in [-0.3, -0.25) is 0 Å². The van der Waals surface area contributed by atoms with Gasteiger partial charge in [0.25, 0.3) is 0 Å². The lowest BCUT2D eigenvalue weighted by atomic mass is 9.94. The molecule has 0 bridgehead atoms. The first-order valence-electron chi connectivity index (χ1n) is 6.69. The van der Waals surface area contributed by atoms with Gasteiger partial charge in [0.05, 0.1) is 11.4 Å². The van der Waals surface area contributed by atoms with Gasteiger partial charge in [-0.15, -0.1) is 0 Å². The molecule has 0 amide bonds. The van der Waals surface area contributed by atoms with Gasteiger partial charge in [-0.05, 0) is 33.6 Å². The van der Waals surface area contributed by atoms with E-state index in [0.29, 0.717) is 6.61 Å². The molecule has 2 fully saturated rings. The monoisotopic (exact) mass is 273 g/mol. The zero-order valence-electron chi connectivity index (χ0n) is 11.5. The van der Waals surface area contributed by atoms with E-state index in [1.165, 1.54) is 6.42 Å². The van der Waals surface area contributed by atoms with E-state index in [9.17, 15) is 4.21 Å². The zero-order chi connectivity index (χ0) is 13.2. The van der Waals surface area contributed by atoms with Crippen LogP contribution in [0.25, 0.3) is 0 Å². The predicted octanol–water partition coefficient (Wildman–Crippen LogP) is 2.60. The van der Waals surface area contributed by atoms with Crippen molar-refractivity contribution < 1.29 is 13.7 Å². The second-order valence-electron chi connectivity index (χ2n) is 6.05. The van der Waals surface area contributed by atoms with Gasteiger partial charge in [-0.25, -0.2) is 4.21 Å². The van der Waals surface area contributed by atoms with Gasteiger partial charge < -0.3 is 9.47 Å². The number of hydrogen-bond acceptors (Lipinski definition) is 3. The molecule has 1 aliphatic heterocycles. The normalized spacial score (nSPS) is 30.1. The highest BCUT2D eigenvalue weighted by atomic mass is 32.2. The topological polar surface area (TPSA) is 47.9 Å². The van der Waals surface area contributed by atoms with E-state index >= 15 is 0 Å². The Kier molecular flexibility index (Phi) is 4.24. The highest BCUT2D eigenvalue weighted by molar-refractivity contribution is 7.85. The van der Waals surface area contributed by atoms with Crippen molar-refractivity contribution in [1.29, 1.82) is 0 Å². The maximum atomic E-state index is 11.8. The summed E-state index contributed by atoms with van der Waals surface area (Å²) < 4.78 is 27.3. The van der Waals surface area contributed by atoms with Crippen LogP contribution in [0.3, 0.4) is 0 Å². The Hall–Kier alpha value is -0.260. The molecule has 0 aromatic carbocycles. The van der Waals surface area contributed by atoms with Crippen molar-refractivity contribution in [3.8, 4) is 0 Å². The summed E-state index contributed by atoms with van der Waals surface area (Å²) in [7, 11) is -1.22. The van der Waals surface area contributed by atoms with Crippen LogP contribution < -0.4 is 0 Å². The molecule has 2 atom stereocenters. The molecule has 18 heavy (non-hydrogen) atoms. The fourth-order valence-electron chi connectivity index (χ4n) is 2.29. The molecule has 0 radical (unpaired) electrons. The second kappa shape index (κ2) is 5.39. The van der Waals surface area contributed by atoms with E-state index in [2.05, 4.69) is 4.40 Å². The first-order valence-corrected chi connectivity index (χ1v) is 7.80. The van der Waals surface area contributed by atoms with Crippen molar-refractivity contribution in [2.45, 2.75) is 69.5 Å². The van der Waals surface area contributed by atoms with Crippen LogP contribution in [0.5, 0.6) is 0 Å². The van der Waals surface area contributed by atoms with Gasteiger partial charge in [0.15, 0.2) is 5.79 Å². The van der Waals surface area contributed by atoms with Gasteiger partial charge in [0.2, 0.25) is 0 Å². The molecule has 0 N–H and O–H groups in total. The standard InChI is InChI=1S/C13H23NO3S/c1-12(2,3)18(15)14-9-11-10-16-13(17-11)7-5-4-6-8-13/h9,11H,4-8,10H2,1-3H3/t11-,18-/m0/s1. The Morgan fingerprint density at radius 3 is 2.56 bits per heavy atom. The Bertz CT molecular complexity index is 343. The molecule has 5 heteroatoms. The molecule has 1 spiro atoms. The van der Waals surface area contributed by atoms with Gasteiger partial charge in [0.1, 0.15) is 17.1 Å². The molecular formula is C13H23NO3S. The molecular weight excluding hydrogens is 250 g/mol. The van der Waals surface area contributed by atoms with Gasteiger partial charge >= 0.3 is 0 Å². The SMILES string of the molecule is CC(C)(C)[S@](=O)N=C[C@H]1COC2(CCCCC2)O1. The van der Waals surface area contributed by atoms with Gasteiger partial charge in [-0.2, -0.15) is 4.40 Å². The van der Waals surface area contributed by atoms with E-state index in [0.717, 1.165) is 25.7 Å². The van der Waals surface area contributed by atoms with Crippen LogP contribution in [0, 0.1) is 0 Å². The lowest BCUT2D eigenvalue weighted by molar-refractivity contribution is -0.181. The van der Waals surface area contributed by atoms with Crippen LogP contribution >= 0.6 is 0 Å². The van der Waals surface area contributed by atoms with Gasteiger partial charge in [0, 0.05) is 19.1 Å². The summed E-state index contributed by atoms with van der Waals surface area (Å²) in [6.45, 7) is 6.27. The van der Waals surface area contributed by atoms with E-state index in [-0.39, 0.29) is 16.6 Å². The number of rotatable bonds is 2. The van der Waals surface area contributed by atoms with Crippen molar-refractivity contribution in [2.24, 2.45) is 4.40 Å². The third kappa shape index (κ3) is 3.39. The highest BCUT2D eigenvalue weighted by Crippen LogP contribution is 2.37. The fraction of sp³-hybridized carbons (Fsp3) is 0.923. The summed E-state index contributed by atoms with van der Waals surface area (Å²) in [6.07, 6.45) is 7.05. The van der Waals surface area contributed by atoms with Crippen LogP contribution in [-0.2, 0) is 20.5 Å². The van der Waals surface area contributed by atoms with Crippen molar-refractivity contribution in [2.75, 3.05) is 6.61 Å². The summed E-state index contributed by atoms with van der Waals surface area (Å²) in [5.74, 6) is -0.377. The third-order valence-electron chi connectivity index (χ3n) is 3.34. The molecule has 2 aliphatic rings. The smallest absolute Gasteiger partial charge is 0.169 e. The minimum absolute atomic E-state index is 0.144. The number of ether oxygens (including phenoxy) is 2. The molecule has 104 valence electrons. The molecule has 1 saturated heterocycles. The van der Waals surface area contributed by atoms with Crippen LogP contribution in [0.15, 0.2) is 4.40 Å². The van der Waals surface area contributed by atoms with Gasteiger partial charge in [-0.1, -0.05) is 6.42 Å². The van der Waals surface area contributed by atoms with Crippen LogP contribution in [0.4, 0.5) is 0 Å². The number of nitrogens with zero attached hydrogens (tertiary/aromatic N) is 1. The maximum Gasteiger partial charge on any atom is 0.169 e. The average Bonchev–Trinajstić information content (AvgIpc) is 2.69. The van der Waals surface area contributed by atoms with E-state index in [1.807, 2.05) is 20.8 Å². The van der Waals surface area contributed by atoms with Crippen LogP contribution in [0.2, 0.25) is 0 Å². The lowest BCUT2D eigenvalue weighted by Crippen LogP contribution is -2.33. The fourth-order valence-corrected chi connectivity index (χ4v) is 2.85. The Morgan fingerprint density at radius 2 is 1.94 bits per heavy atom. The summed E-state index contributed by atoms with van der Waals surface area (Å²) in [6, 6.07) is 0. The zero-order valence-corrected chi connectivity index (χ0v) is 12.3. The van der Waals surface area contributed by atoms with Crippen LogP contribution in [-0.4, -0.2) is 33.7 Å².